The second-order valence-corrected chi connectivity index (χ2v) is 8.17. The molecule has 2 bridgehead atoms. The van der Waals surface area contributed by atoms with Crippen molar-refractivity contribution in [2.75, 3.05) is 13.1 Å². The lowest BCUT2D eigenvalue weighted by Crippen LogP contribution is -2.35. The van der Waals surface area contributed by atoms with E-state index in [9.17, 15) is 0 Å². The van der Waals surface area contributed by atoms with Gasteiger partial charge in [0.2, 0.25) is 5.71 Å². The molecule has 124 valence electrons. The van der Waals surface area contributed by atoms with Crippen molar-refractivity contribution in [3.05, 3.63) is 41.1 Å². The molecule has 5 rings (SSSR count). The molecule has 0 N–H and O–H groups in total. The number of hydrogen-bond acceptors (Lipinski definition) is 3. The molecule has 0 aliphatic carbocycles. The number of furan rings is 1. The number of fused-ring (bicyclic) bond motifs is 5. The summed E-state index contributed by atoms with van der Waals surface area (Å²) < 4.78 is 6.33. The Morgan fingerprint density at radius 3 is 2.71 bits per heavy atom. The summed E-state index contributed by atoms with van der Waals surface area (Å²) in [7, 11) is 0. The molecule has 2 aliphatic rings. The van der Waals surface area contributed by atoms with Gasteiger partial charge in [-0.05, 0) is 56.8 Å². The van der Waals surface area contributed by atoms with Crippen molar-refractivity contribution in [2.24, 2.45) is 5.41 Å². The van der Waals surface area contributed by atoms with Crippen molar-refractivity contribution in [1.29, 1.82) is 0 Å². The highest BCUT2D eigenvalue weighted by atomic mass is 16.3. The molecule has 2 saturated heterocycles. The zero-order valence-electron chi connectivity index (χ0n) is 14.9. The van der Waals surface area contributed by atoms with Gasteiger partial charge < -0.3 is 4.42 Å². The van der Waals surface area contributed by atoms with Crippen LogP contribution in [-0.2, 0) is 0 Å². The Morgan fingerprint density at radius 2 is 1.96 bits per heavy atom. The summed E-state index contributed by atoms with van der Waals surface area (Å²) in [5, 5.41) is 2.35. The van der Waals surface area contributed by atoms with E-state index in [1.165, 1.54) is 36.0 Å². The van der Waals surface area contributed by atoms with Gasteiger partial charge in [0.05, 0.1) is 0 Å². The number of nitrogens with zero attached hydrogens (tertiary/aromatic N) is 2. The van der Waals surface area contributed by atoms with Crippen LogP contribution in [0.4, 0.5) is 0 Å². The quantitative estimate of drug-likeness (QED) is 0.645. The van der Waals surface area contributed by atoms with Crippen molar-refractivity contribution >= 4 is 22.1 Å². The summed E-state index contributed by atoms with van der Waals surface area (Å²) in [6.07, 6.45) is 1.29. The lowest BCUT2D eigenvalue weighted by Gasteiger charge is -2.36. The Bertz CT molecular complexity index is 973. The molecule has 3 aromatic rings. The number of hydrogen-bond donors (Lipinski definition) is 0. The van der Waals surface area contributed by atoms with E-state index in [2.05, 4.69) is 54.9 Å². The molecular weight excluding hydrogens is 296 g/mol. The number of piperidine rings is 1. The van der Waals surface area contributed by atoms with Crippen LogP contribution < -0.4 is 0 Å². The summed E-state index contributed by atoms with van der Waals surface area (Å²) >= 11 is 0. The molecule has 2 aromatic heterocycles. The van der Waals surface area contributed by atoms with Crippen molar-refractivity contribution in [3.63, 3.8) is 0 Å². The molecule has 4 atom stereocenters. The van der Waals surface area contributed by atoms with Crippen molar-refractivity contribution < 1.29 is 4.42 Å². The summed E-state index contributed by atoms with van der Waals surface area (Å²) in [4.78, 5) is 7.26. The average Bonchev–Trinajstić information content (AvgIpc) is 3.16. The first-order valence-corrected chi connectivity index (χ1v) is 9.01. The van der Waals surface area contributed by atoms with Crippen LogP contribution >= 0.6 is 0 Å². The zero-order chi connectivity index (χ0) is 16.6. The van der Waals surface area contributed by atoms with E-state index in [0.29, 0.717) is 17.4 Å². The molecule has 0 amide bonds. The van der Waals surface area contributed by atoms with Crippen LogP contribution in [0.1, 0.15) is 43.0 Å². The third-order valence-corrected chi connectivity index (χ3v) is 6.56. The maximum Gasteiger partial charge on any atom is 0.227 e. The van der Waals surface area contributed by atoms with Gasteiger partial charge in [-0.25, -0.2) is 4.98 Å². The largest absolute Gasteiger partial charge is 0.437 e. The first kappa shape index (κ1) is 14.5. The minimum Gasteiger partial charge on any atom is -0.437 e. The molecule has 0 spiro atoms. The van der Waals surface area contributed by atoms with Gasteiger partial charge >= 0.3 is 0 Å². The number of rotatable bonds is 1. The standard InChI is InChI=1S/C21H24N2O/c1-12-5-7-15-16-8-6-13(2)22-20(16)24-19(15)17(12)18-14(3)23-10-9-21(18,4)11-23/h5-8,14,18H,9-11H2,1-4H3/t14-,18?,21?/m1/s1. The monoisotopic (exact) mass is 320 g/mol. The molecule has 2 aliphatic heterocycles. The minimum atomic E-state index is 0.362. The maximum atomic E-state index is 6.33. The van der Waals surface area contributed by atoms with E-state index in [-0.39, 0.29) is 0 Å². The Hall–Kier alpha value is -1.87. The first-order chi connectivity index (χ1) is 11.5. The Kier molecular flexibility index (Phi) is 2.78. The lowest BCUT2D eigenvalue weighted by molar-refractivity contribution is 0.227. The average molecular weight is 320 g/mol. The molecule has 1 aromatic carbocycles. The van der Waals surface area contributed by atoms with Crippen LogP contribution in [0.3, 0.4) is 0 Å². The van der Waals surface area contributed by atoms with Gasteiger partial charge in [0.15, 0.2) is 0 Å². The van der Waals surface area contributed by atoms with Gasteiger partial charge in [-0.1, -0.05) is 19.1 Å². The van der Waals surface area contributed by atoms with Gasteiger partial charge in [-0.3, -0.25) is 4.90 Å². The molecular formula is C21H24N2O. The summed E-state index contributed by atoms with van der Waals surface area (Å²) in [6, 6.07) is 9.28. The molecule has 2 fully saturated rings. The third-order valence-electron chi connectivity index (χ3n) is 6.56. The second kappa shape index (κ2) is 4.60. The van der Waals surface area contributed by atoms with Gasteiger partial charge in [-0.2, -0.15) is 0 Å². The van der Waals surface area contributed by atoms with Crippen LogP contribution in [0.25, 0.3) is 22.1 Å². The number of benzene rings is 1. The number of aromatic nitrogens is 1. The fourth-order valence-electron chi connectivity index (χ4n) is 5.32. The number of aryl methyl sites for hydroxylation is 2. The van der Waals surface area contributed by atoms with Crippen LogP contribution in [-0.4, -0.2) is 29.0 Å². The van der Waals surface area contributed by atoms with E-state index < -0.39 is 0 Å². The van der Waals surface area contributed by atoms with Crippen molar-refractivity contribution in [1.82, 2.24) is 9.88 Å². The summed E-state index contributed by atoms with van der Waals surface area (Å²) in [5.41, 5.74) is 5.98. The highest BCUT2D eigenvalue weighted by Crippen LogP contribution is 2.55. The predicted octanol–water partition coefficient (Wildman–Crippen LogP) is 4.80. The highest BCUT2D eigenvalue weighted by Gasteiger charge is 2.53. The van der Waals surface area contributed by atoms with E-state index in [1.54, 1.807) is 0 Å². The summed E-state index contributed by atoms with van der Waals surface area (Å²) in [6.45, 7) is 11.6. The smallest absolute Gasteiger partial charge is 0.227 e. The first-order valence-electron chi connectivity index (χ1n) is 9.01. The second-order valence-electron chi connectivity index (χ2n) is 8.17. The Morgan fingerprint density at radius 1 is 1.17 bits per heavy atom. The van der Waals surface area contributed by atoms with Gasteiger partial charge in [0.1, 0.15) is 5.58 Å². The molecule has 3 unspecified atom stereocenters. The van der Waals surface area contributed by atoms with Crippen LogP contribution in [0, 0.1) is 19.3 Å². The van der Waals surface area contributed by atoms with Gasteiger partial charge in [0.25, 0.3) is 0 Å². The van der Waals surface area contributed by atoms with E-state index in [0.717, 1.165) is 22.4 Å². The fourth-order valence-corrected chi connectivity index (χ4v) is 5.32. The van der Waals surface area contributed by atoms with E-state index in [4.69, 9.17) is 4.42 Å². The maximum absolute atomic E-state index is 6.33. The van der Waals surface area contributed by atoms with Crippen LogP contribution in [0.5, 0.6) is 0 Å². The fraction of sp³-hybridized carbons (Fsp3) is 0.476. The molecule has 0 saturated carbocycles. The van der Waals surface area contributed by atoms with Gasteiger partial charge in [-0.15, -0.1) is 0 Å². The Labute approximate surface area is 142 Å². The topological polar surface area (TPSA) is 29.3 Å². The highest BCUT2D eigenvalue weighted by molar-refractivity contribution is 6.05. The van der Waals surface area contributed by atoms with Crippen LogP contribution in [0.2, 0.25) is 0 Å². The van der Waals surface area contributed by atoms with E-state index >= 15 is 0 Å². The summed E-state index contributed by atoms with van der Waals surface area (Å²) in [5.74, 6) is 0.539. The van der Waals surface area contributed by atoms with Crippen molar-refractivity contribution in [3.8, 4) is 0 Å². The van der Waals surface area contributed by atoms with Gasteiger partial charge in [0, 0.05) is 40.5 Å². The number of pyridine rings is 1. The predicted molar refractivity (Wildman–Crippen MR) is 97.5 cm³/mol. The SMILES string of the molecule is Cc1ccc2c(n1)oc1c(C3[C@@H](C)N4CCC3(C)C4)c(C)ccc12. The minimum absolute atomic E-state index is 0.362. The molecule has 4 heterocycles. The molecule has 24 heavy (non-hydrogen) atoms. The van der Waals surface area contributed by atoms with Crippen LogP contribution in [0.15, 0.2) is 28.7 Å². The normalized spacial score (nSPS) is 32.2. The van der Waals surface area contributed by atoms with E-state index in [1.807, 2.05) is 6.92 Å². The lowest BCUT2D eigenvalue weighted by atomic mass is 9.69. The Balaban J connectivity index is 1.82. The third kappa shape index (κ3) is 1.74. The van der Waals surface area contributed by atoms with Crippen molar-refractivity contribution in [2.45, 2.75) is 46.1 Å². The zero-order valence-corrected chi connectivity index (χ0v) is 14.9. The molecule has 3 nitrogen and oxygen atoms in total. The molecule has 0 radical (unpaired) electrons. The molecule has 3 heteroatoms.